The molecule has 0 aromatic carbocycles. The van der Waals surface area contributed by atoms with Crippen LogP contribution in [-0.2, 0) is 4.43 Å². The molecule has 0 bridgehead atoms. The fourth-order valence-electron chi connectivity index (χ4n) is 3.25. The minimum absolute atomic E-state index is 0.979. The molecule has 1 aliphatic rings. The zero-order valence-electron chi connectivity index (χ0n) is 12.3. The first-order valence-corrected chi connectivity index (χ1v) is 16.3. The molecule has 4 heteroatoms. The van der Waals surface area contributed by atoms with Crippen molar-refractivity contribution < 1.29 is 4.43 Å². The Morgan fingerprint density at radius 3 is 1.69 bits per heavy atom. The highest BCUT2D eigenvalue weighted by Gasteiger charge is 2.42. The average Bonchev–Trinajstić information content (AvgIpc) is 2.24. The second-order valence-corrected chi connectivity index (χ2v) is 21.9. The Bertz CT molecular complexity index is 289. The Labute approximate surface area is 104 Å². The molecule has 1 aliphatic heterocycles. The molecule has 0 aromatic rings. The third-order valence-electron chi connectivity index (χ3n) is 3.34. The molecule has 1 saturated heterocycles. The highest BCUT2D eigenvalue weighted by molar-refractivity contribution is 7.06. The Morgan fingerprint density at radius 1 is 1.00 bits per heavy atom. The van der Waals surface area contributed by atoms with Crippen LogP contribution in [-0.4, -0.2) is 31.1 Å². The third-order valence-corrected chi connectivity index (χ3v) is 14.8. The normalized spacial score (nSPS) is 21.4. The van der Waals surface area contributed by atoms with E-state index >= 15 is 0 Å². The average molecular weight is 273 g/mol. The van der Waals surface area contributed by atoms with Crippen molar-refractivity contribution in [1.82, 2.24) is 0 Å². The summed E-state index contributed by atoms with van der Waals surface area (Å²) in [5.74, 6) is 0. The van der Waals surface area contributed by atoms with Gasteiger partial charge >= 0.3 is 0 Å². The summed E-state index contributed by atoms with van der Waals surface area (Å²) in [4.78, 5) is 1.91. The molecular weight excluding hydrogens is 244 g/mol. The van der Waals surface area contributed by atoms with Gasteiger partial charge in [-0.2, -0.15) is 0 Å². The third kappa shape index (κ3) is 2.97. The Kier molecular flexibility index (Phi) is 3.81. The van der Waals surface area contributed by atoms with Gasteiger partial charge in [0.15, 0.2) is 0 Å². The van der Waals surface area contributed by atoms with E-state index in [1.54, 1.807) is 5.20 Å². The first kappa shape index (κ1) is 14.4. The molecule has 1 fully saturated rings. The summed E-state index contributed by atoms with van der Waals surface area (Å²) in [6, 6.07) is 0. The highest BCUT2D eigenvalue weighted by Crippen LogP contribution is 2.37. The van der Waals surface area contributed by atoms with Crippen molar-refractivity contribution in [3.63, 3.8) is 0 Å². The molecule has 1 nitrogen and oxygen atoms in total. The second kappa shape index (κ2) is 4.23. The largest absolute Gasteiger partial charge is 0.413 e. The summed E-state index contributed by atoms with van der Waals surface area (Å²) in [5.41, 5.74) is 0. The lowest BCUT2D eigenvalue weighted by Crippen LogP contribution is -2.44. The number of rotatable bonds is 2. The van der Waals surface area contributed by atoms with E-state index in [1.807, 2.05) is 4.82 Å². The van der Waals surface area contributed by atoms with E-state index in [9.17, 15) is 0 Å². The molecule has 0 saturated carbocycles. The van der Waals surface area contributed by atoms with Gasteiger partial charge < -0.3 is 4.43 Å². The van der Waals surface area contributed by atoms with E-state index in [2.05, 4.69) is 52.4 Å². The molecule has 0 radical (unpaired) electrons. The van der Waals surface area contributed by atoms with Crippen LogP contribution in [0.25, 0.3) is 0 Å². The maximum atomic E-state index is 6.05. The first-order valence-electron chi connectivity index (χ1n) is 6.35. The monoisotopic (exact) mass is 272 g/mol. The summed E-state index contributed by atoms with van der Waals surface area (Å²) >= 11 is 0. The van der Waals surface area contributed by atoms with Gasteiger partial charge in [0, 0.05) is 6.61 Å². The van der Waals surface area contributed by atoms with Crippen LogP contribution in [0.1, 0.15) is 6.42 Å². The topological polar surface area (TPSA) is 9.23 Å². The fraction of sp³-hybridized carbons (Fsp3) is 0.833. The quantitative estimate of drug-likeness (QED) is 0.685. The molecule has 0 amide bonds. The van der Waals surface area contributed by atoms with Crippen LogP contribution in [0, 0.1) is 0 Å². The summed E-state index contributed by atoms with van der Waals surface area (Å²) in [7, 11) is -3.86. The van der Waals surface area contributed by atoms with Gasteiger partial charge in [0.2, 0.25) is 8.32 Å². The van der Waals surface area contributed by atoms with Crippen LogP contribution in [0.15, 0.2) is 10.0 Å². The van der Waals surface area contributed by atoms with Crippen LogP contribution in [0.5, 0.6) is 0 Å². The predicted molar refractivity (Wildman–Crippen MR) is 81.8 cm³/mol. The van der Waals surface area contributed by atoms with Gasteiger partial charge in [-0.3, -0.25) is 0 Å². The van der Waals surface area contributed by atoms with Gasteiger partial charge in [0.1, 0.15) is 0 Å². The SMILES string of the molecule is C[Si](C)(C)C(=C1CCO[Si]1(C)C)[Si](C)(C)C. The van der Waals surface area contributed by atoms with Crippen molar-refractivity contribution in [3.05, 3.63) is 10.0 Å². The fourth-order valence-corrected chi connectivity index (χ4v) is 20.5. The Morgan fingerprint density at radius 2 is 1.44 bits per heavy atom. The predicted octanol–water partition coefficient (Wildman–Crippen LogP) is 4.20. The Balaban J connectivity index is 3.36. The molecule has 94 valence electrons. The zero-order valence-corrected chi connectivity index (χ0v) is 15.3. The van der Waals surface area contributed by atoms with E-state index in [0.29, 0.717) is 0 Å². The van der Waals surface area contributed by atoms with Gasteiger partial charge in [0.05, 0.1) is 16.1 Å². The van der Waals surface area contributed by atoms with Gasteiger partial charge in [-0.1, -0.05) is 49.3 Å². The van der Waals surface area contributed by atoms with Gasteiger partial charge in [-0.25, -0.2) is 0 Å². The molecule has 0 aromatic heterocycles. The van der Waals surface area contributed by atoms with Crippen LogP contribution in [0.2, 0.25) is 52.4 Å². The van der Waals surface area contributed by atoms with Crippen molar-refractivity contribution in [2.45, 2.75) is 58.8 Å². The van der Waals surface area contributed by atoms with E-state index in [-0.39, 0.29) is 0 Å². The lowest BCUT2D eigenvalue weighted by Gasteiger charge is -2.36. The van der Waals surface area contributed by atoms with E-state index < -0.39 is 24.5 Å². The molecule has 0 spiro atoms. The van der Waals surface area contributed by atoms with Crippen LogP contribution in [0.3, 0.4) is 0 Å². The lowest BCUT2D eigenvalue weighted by atomic mass is 10.4. The summed E-state index contributed by atoms with van der Waals surface area (Å²) in [5, 5.41) is 1.78. The van der Waals surface area contributed by atoms with E-state index in [4.69, 9.17) is 4.43 Å². The van der Waals surface area contributed by atoms with Gasteiger partial charge in [0.25, 0.3) is 0 Å². The Hall–Kier alpha value is 0.351. The molecule has 0 aliphatic carbocycles. The molecule has 16 heavy (non-hydrogen) atoms. The molecule has 1 rings (SSSR count). The van der Waals surface area contributed by atoms with E-state index in [1.165, 1.54) is 6.42 Å². The van der Waals surface area contributed by atoms with Crippen LogP contribution >= 0.6 is 0 Å². The van der Waals surface area contributed by atoms with Crippen molar-refractivity contribution >= 4 is 24.5 Å². The summed E-state index contributed by atoms with van der Waals surface area (Å²) in [6.45, 7) is 20.8. The van der Waals surface area contributed by atoms with Crippen molar-refractivity contribution in [2.75, 3.05) is 6.61 Å². The molecule has 0 N–H and O–H groups in total. The van der Waals surface area contributed by atoms with Crippen molar-refractivity contribution in [1.29, 1.82) is 0 Å². The standard InChI is InChI=1S/C12H28OSi3/c1-14(2,3)12(15(4,5)6)11-9-10-13-16(11,7)8/h9-10H2,1-8H3. The first-order chi connectivity index (χ1) is 6.96. The van der Waals surface area contributed by atoms with Crippen LogP contribution < -0.4 is 0 Å². The van der Waals surface area contributed by atoms with Gasteiger partial charge in [-0.05, 0) is 19.5 Å². The molecule has 0 unspecified atom stereocenters. The summed E-state index contributed by atoms with van der Waals surface area (Å²) < 4.78 is 6.05. The molecular formula is C12H28OSi3. The van der Waals surface area contributed by atoms with Crippen molar-refractivity contribution in [2.24, 2.45) is 0 Å². The number of hydrogen-bond acceptors (Lipinski definition) is 1. The lowest BCUT2D eigenvalue weighted by molar-refractivity contribution is 0.350. The summed E-state index contributed by atoms with van der Waals surface area (Å²) in [6.07, 6.45) is 1.23. The zero-order chi connectivity index (χ0) is 12.8. The minimum Gasteiger partial charge on any atom is -0.413 e. The minimum atomic E-state index is -1.50. The highest BCUT2D eigenvalue weighted by atomic mass is 28.4. The van der Waals surface area contributed by atoms with Crippen LogP contribution in [0.4, 0.5) is 0 Å². The smallest absolute Gasteiger partial charge is 0.213 e. The number of hydrogen-bond donors (Lipinski definition) is 0. The van der Waals surface area contributed by atoms with Crippen molar-refractivity contribution in [3.8, 4) is 0 Å². The molecule has 1 heterocycles. The molecule has 0 atom stereocenters. The maximum Gasteiger partial charge on any atom is 0.213 e. The maximum absolute atomic E-state index is 6.05. The van der Waals surface area contributed by atoms with Gasteiger partial charge in [-0.15, -0.1) is 0 Å². The second-order valence-electron chi connectivity index (χ2n) is 7.46. The van der Waals surface area contributed by atoms with E-state index in [0.717, 1.165) is 6.61 Å².